The van der Waals surface area contributed by atoms with Crippen molar-refractivity contribution in [2.24, 2.45) is 0 Å². The Morgan fingerprint density at radius 3 is 2.88 bits per heavy atom. The molecule has 0 saturated heterocycles. The van der Waals surface area contributed by atoms with Crippen LogP contribution in [-0.4, -0.2) is 21.9 Å². The molecule has 16 heavy (non-hydrogen) atoms. The number of halogens is 1. The van der Waals surface area contributed by atoms with Crippen molar-refractivity contribution < 1.29 is 9.13 Å². The molecule has 0 spiro atoms. The van der Waals surface area contributed by atoms with E-state index in [0.717, 1.165) is 0 Å². The molecule has 2 rings (SSSR count). The summed E-state index contributed by atoms with van der Waals surface area (Å²) in [5, 5.41) is 6.19. The summed E-state index contributed by atoms with van der Waals surface area (Å²) in [7, 11) is 1.50. The van der Waals surface area contributed by atoms with Crippen LogP contribution in [0.15, 0.2) is 18.2 Å². The Morgan fingerprint density at radius 1 is 1.56 bits per heavy atom. The zero-order chi connectivity index (χ0) is 11.7. The predicted molar refractivity (Wildman–Crippen MR) is 59.7 cm³/mol. The molecule has 0 radical (unpaired) electrons. The number of nitrogens with one attached hydrogen (secondary N) is 1. The summed E-state index contributed by atoms with van der Waals surface area (Å²) >= 11 is 4.95. The second-order valence-electron chi connectivity index (χ2n) is 3.04. The molecular weight excluding hydrogens is 231 g/mol. The topological polar surface area (TPSA) is 68.9 Å². The number of hydrogen-bond donors (Lipinski definition) is 2. The first-order valence-corrected chi connectivity index (χ1v) is 4.81. The second kappa shape index (κ2) is 3.93. The number of nitrogen functional groups attached to an aromatic ring is 1. The van der Waals surface area contributed by atoms with Gasteiger partial charge in [0.05, 0.1) is 12.8 Å². The molecule has 0 atom stereocenters. The molecule has 0 aliphatic carbocycles. The number of nitrogens with zero attached hydrogens (tertiary/aromatic N) is 2. The molecule has 0 bridgehead atoms. The smallest absolute Gasteiger partial charge is 0.225 e. The number of H-pyrrole nitrogens is 1. The van der Waals surface area contributed by atoms with Crippen molar-refractivity contribution in [1.82, 2.24) is 14.8 Å². The van der Waals surface area contributed by atoms with E-state index in [1.807, 2.05) is 0 Å². The molecule has 0 amide bonds. The number of hydrogen-bond acceptors (Lipinski definition) is 4. The van der Waals surface area contributed by atoms with Crippen molar-refractivity contribution >= 4 is 18.2 Å². The maximum Gasteiger partial charge on any atom is 0.225 e. The Bertz CT molecular complexity index is 577. The molecule has 5 nitrogen and oxygen atoms in total. The van der Waals surface area contributed by atoms with E-state index in [9.17, 15) is 4.39 Å². The third-order valence-corrected chi connectivity index (χ3v) is 2.37. The third-order valence-electron chi connectivity index (χ3n) is 2.09. The Kier molecular flexibility index (Phi) is 2.61. The van der Waals surface area contributed by atoms with Crippen LogP contribution in [0.25, 0.3) is 5.69 Å². The number of anilines is 1. The molecule has 2 aromatic rings. The lowest BCUT2D eigenvalue weighted by atomic mass is 10.3. The zero-order valence-electron chi connectivity index (χ0n) is 8.40. The molecule has 1 aromatic heterocycles. The fourth-order valence-electron chi connectivity index (χ4n) is 1.33. The van der Waals surface area contributed by atoms with E-state index in [-0.39, 0.29) is 16.4 Å². The maximum absolute atomic E-state index is 13.6. The minimum absolute atomic E-state index is 0.0946. The van der Waals surface area contributed by atoms with Gasteiger partial charge in [-0.15, -0.1) is 5.10 Å². The number of aromatic amines is 1. The maximum atomic E-state index is 13.6. The van der Waals surface area contributed by atoms with E-state index in [0.29, 0.717) is 5.75 Å². The fraction of sp³-hybridized carbons (Fsp3) is 0.111. The molecular formula is C9H9FN4OS. The minimum Gasteiger partial charge on any atom is -0.497 e. The van der Waals surface area contributed by atoms with Crippen LogP contribution in [0.1, 0.15) is 0 Å². The molecule has 0 saturated carbocycles. The lowest BCUT2D eigenvalue weighted by Gasteiger charge is -2.07. The summed E-state index contributed by atoms with van der Waals surface area (Å²) in [5.41, 5.74) is 5.78. The van der Waals surface area contributed by atoms with Crippen molar-refractivity contribution in [3.63, 3.8) is 0 Å². The van der Waals surface area contributed by atoms with Gasteiger partial charge in [0.2, 0.25) is 10.7 Å². The Hall–Kier alpha value is -1.89. The molecule has 7 heteroatoms. The predicted octanol–water partition coefficient (Wildman–Crippen LogP) is 1.66. The van der Waals surface area contributed by atoms with Crippen LogP contribution in [-0.2, 0) is 0 Å². The molecule has 0 unspecified atom stereocenters. The fourth-order valence-corrected chi connectivity index (χ4v) is 1.57. The first-order chi connectivity index (χ1) is 7.63. The standard InChI is InChI=1S/C9H9FN4OS/c1-15-5-2-3-6(10)7(4-5)14-8(11)12-13-9(14)16/h2-4H,1H3,(H2,11,12)(H,13,16). The number of benzene rings is 1. The largest absolute Gasteiger partial charge is 0.497 e. The molecule has 1 heterocycles. The van der Waals surface area contributed by atoms with Crippen LogP contribution in [0.4, 0.5) is 10.3 Å². The lowest BCUT2D eigenvalue weighted by molar-refractivity contribution is 0.413. The van der Waals surface area contributed by atoms with E-state index in [4.69, 9.17) is 22.7 Å². The van der Waals surface area contributed by atoms with Crippen molar-refractivity contribution in [2.45, 2.75) is 0 Å². The van der Waals surface area contributed by atoms with E-state index >= 15 is 0 Å². The van der Waals surface area contributed by atoms with Gasteiger partial charge in [-0.1, -0.05) is 0 Å². The SMILES string of the molecule is COc1ccc(F)c(-n2c(N)n[nH]c2=S)c1. The first kappa shape index (κ1) is 10.6. The van der Waals surface area contributed by atoms with Gasteiger partial charge in [0.15, 0.2) is 0 Å². The highest BCUT2D eigenvalue weighted by atomic mass is 32.1. The van der Waals surface area contributed by atoms with Crippen LogP contribution < -0.4 is 10.5 Å². The van der Waals surface area contributed by atoms with Crippen LogP contribution in [0.5, 0.6) is 5.75 Å². The second-order valence-corrected chi connectivity index (χ2v) is 3.43. The Labute approximate surface area is 95.7 Å². The van der Waals surface area contributed by atoms with E-state index < -0.39 is 5.82 Å². The van der Waals surface area contributed by atoms with Crippen LogP contribution >= 0.6 is 12.2 Å². The molecule has 0 aliphatic rings. The highest BCUT2D eigenvalue weighted by molar-refractivity contribution is 7.71. The quantitative estimate of drug-likeness (QED) is 0.783. The number of nitrogens with two attached hydrogens (primary N) is 1. The van der Waals surface area contributed by atoms with Crippen molar-refractivity contribution in [3.8, 4) is 11.4 Å². The average Bonchev–Trinajstić information content (AvgIpc) is 2.60. The van der Waals surface area contributed by atoms with Gasteiger partial charge in [-0.2, -0.15) is 0 Å². The van der Waals surface area contributed by atoms with Crippen molar-refractivity contribution in [1.29, 1.82) is 0 Å². The van der Waals surface area contributed by atoms with Crippen LogP contribution in [0, 0.1) is 10.6 Å². The Balaban J connectivity index is 2.68. The van der Waals surface area contributed by atoms with Gasteiger partial charge >= 0.3 is 0 Å². The zero-order valence-corrected chi connectivity index (χ0v) is 9.21. The number of methoxy groups -OCH3 is 1. The highest BCUT2D eigenvalue weighted by Gasteiger charge is 2.11. The normalized spacial score (nSPS) is 10.4. The molecule has 3 N–H and O–H groups in total. The summed E-state index contributed by atoms with van der Waals surface area (Å²) in [6.45, 7) is 0. The van der Waals surface area contributed by atoms with Gasteiger partial charge in [0, 0.05) is 6.07 Å². The number of aromatic nitrogens is 3. The summed E-state index contributed by atoms with van der Waals surface area (Å²) in [6, 6.07) is 4.29. The van der Waals surface area contributed by atoms with Gasteiger partial charge in [-0.3, -0.25) is 4.57 Å². The van der Waals surface area contributed by atoms with Crippen molar-refractivity contribution in [2.75, 3.05) is 12.8 Å². The van der Waals surface area contributed by atoms with Crippen LogP contribution in [0.3, 0.4) is 0 Å². The van der Waals surface area contributed by atoms with Gasteiger partial charge in [-0.05, 0) is 24.4 Å². The number of ether oxygens (including phenoxy) is 1. The first-order valence-electron chi connectivity index (χ1n) is 4.40. The molecule has 0 aliphatic heterocycles. The molecule has 0 fully saturated rings. The van der Waals surface area contributed by atoms with Crippen LogP contribution in [0.2, 0.25) is 0 Å². The highest BCUT2D eigenvalue weighted by Crippen LogP contribution is 2.22. The third kappa shape index (κ3) is 1.65. The summed E-state index contributed by atoms with van der Waals surface area (Å²) in [4.78, 5) is 0. The number of rotatable bonds is 2. The summed E-state index contributed by atoms with van der Waals surface area (Å²) in [5.74, 6) is 0.154. The van der Waals surface area contributed by atoms with Gasteiger partial charge < -0.3 is 10.5 Å². The summed E-state index contributed by atoms with van der Waals surface area (Å²) in [6.07, 6.45) is 0. The minimum atomic E-state index is -0.454. The van der Waals surface area contributed by atoms with E-state index in [2.05, 4.69) is 10.2 Å². The monoisotopic (exact) mass is 240 g/mol. The molecule has 1 aromatic carbocycles. The Morgan fingerprint density at radius 2 is 2.31 bits per heavy atom. The van der Waals surface area contributed by atoms with Crippen molar-refractivity contribution in [3.05, 3.63) is 28.8 Å². The van der Waals surface area contributed by atoms with E-state index in [1.165, 1.54) is 29.9 Å². The van der Waals surface area contributed by atoms with Gasteiger partial charge in [0.1, 0.15) is 11.6 Å². The van der Waals surface area contributed by atoms with Gasteiger partial charge in [0.25, 0.3) is 0 Å². The van der Waals surface area contributed by atoms with E-state index in [1.54, 1.807) is 0 Å². The molecule has 84 valence electrons. The summed E-state index contributed by atoms with van der Waals surface area (Å²) < 4.78 is 20.1. The lowest BCUT2D eigenvalue weighted by Crippen LogP contribution is -2.03. The average molecular weight is 240 g/mol. The van der Waals surface area contributed by atoms with Gasteiger partial charge in [-0.25, -0.2) is 9.49 Å².